The monoisotopic (exact) mass is 487 g/mol. The van der Waals surface area contributed by atoms with Gasteiger partial charge in [0.25, 0.3) is 5.91 Å². The molecular formula is C23H16ClF2N3O3S. The fraction of sp³-hybridized carbons (Fsp3) is 0.0870. The maximum absolute atomic E-state index is 13.6. The minimum Gasteiger partial charge on any atom is -0.494 e. The smallest absolute Gasteiger partial charge is 0.257 e. The molecule has 0 aliphatic carbocycles. The number of halogens is 3. The first kappa shape index (κ1) is 22.6. The van der Waals surface area contributed by atoms with E-state index in [-0.39, 0.29) is 27.5 Å². The van der Waals surface area contributed by atoms with Crippen LogP contribution in [0.25, 0.3) is 22.6 Å². The molecule has 1 aromatic heterocycles. The molecule has 0 spiro atoms. The molecule has 0 bridgehead atoms. The summed E-state index contributed by atoms with van der Waals surface area (Å²) in [7, 11) is 0. The molecule has 1 heterocycles. The molecule has 0 fully saturated rings. The van der Waals surface area contributed by atoms with E-state index >= 15 is 0 Å². The molecule has 33 heavy (non-hydrogen) atoms. The molecule has 1 amide bonds. The summed E-state index contributed by atoms with van der Waals surface area (Å²) < 4.78 is 37.9. The van der Waals surface area contributed by atoms with Crippen LogP contribution in [0, 0.1) is 11.6 Å². The van der Waals surface area contributed by atoms with E-state index in [9.17, 15) is 13.6 Å². The second-order valence-corrected chi connectivity index (χ2v) is 7.63. The first-order valence-electron chi connectivity index (χ1n) is 9.74. The summed E-state index contributed by atoms with van der Waals surface area (Å²) in [5.41, 5.74) is 1.91. The molecule has 4 rings (SSSR count). The van der Waals surface area contributed by atoms with E-state index in [2.05, 4.69) is 15.6 Å². The molecule has 4 aromatic rings. The van der Waals surface area contributed by atoms with Gasteiger partial charge in [-0.2, -0.15) is 0 Å². The Bertz CT molecular complexity index is 1360. The average molecular weight is 488 g/mol. The van der Waals surface area contributed by atoms with Crippen molar-refractivity contribution in [3.63, 3.8) is 0 Å². The van der Waals surface area contributed by atoms with Crippen molar-refractivity contribution in [1.29, 1.82) is 0 Å². The van der Waals surface area contributed by atoms with Gasteiger partial charge in [-0.1, -0.05) is 11.6 Å². The molecule has 168 valence electrons. The van der Waals surface area contributed by atoms with Crippen molar-refractivity contribution in [2.24, 2.45) is 0 Å². The predicted molar refractivity (Wildman–Crippen MR) is 126 cm³/mol. The third-order valence-corrected chi connectivity index (χ3v) is 5.06. The lowest BCUT2D eigenvalue weighted by Crippen LogP contribution is -2.34. The number of nitrogens with one attached hydrogen (secondary N) is 2. The molecule has 0 saturated carbocycles. The Kier molecular flexibility index (Phi) is 6.52. The van der Waals surface area contributed by atoms with Gasteiger partial charge < -0.3 is 14.5 Å². The van der Waals surface area contributed by atoms with E-state index in [0.717, 1.165) is 12.1 Å². The van der Waals surface area contributed by atoms with Crippen LogP contribution < -0.4 is 15.4 Å². The molecule has 0 aliphatic rings. The molecule has 0 unspecified atom stereocenters. The van der Waals surface area contributed by atoms with Crippen molar-refractivity contribution >= 4 is 51.6 Å². The van der Waals surface area contributed by atoms with Gasteiger partial charge in [-0.15, -0.1) is 0 Å². The number of oxazole rings is 1. The number of fused-ring (bicyclic) bond motifs is 1. The lowest BCUT2D eigenvalue weighted by Gasteiger charge is -2.10. The zero-order chi connectivity index (χ0) is 23.5. The quantitative estimate of drug-likeness (QED) is 0.267. The second-order valence-electron chi connectivity index (χ2n) is 6.81. The highest BCUT2D eigenvalue weighted by atomic mass is 35.5. The Morgan fingerprint density at radius 3 is 2.58 bits per heavy atom. The Morgan fingerprint density at radius 1 is 1.12 bits per heavy atom. The van der Waals surface area contributed by atoms with E-state index in [1.165, 1.54) is 0 Å². The topological polar surface area (TPSA) is 76.4 Å². The van der Waals surface area contributed by atoms with Gasteiger partial charge in [-0.3, -0.25) is 10.1 Å². The number of hydrogen-bond donors (Lipinski definition) is 2. The molecule has 0 saturated heterocycles. The van der Waals surface area contributed by atoms with Crippen LogP contribution >= 0.6 is 23.8 Å². The SMILES string of the molecule is CCOc1ccc(C(=O)NC(=S)Nc2ccc3oc(-c4cc(F)c(F)cc4Cl)nc3c2)cc1. The molecule has 10 heteroatoms. The Labute approximate surface area is 197 Å². The number of aromatic nitrogens is 1. The number of amides is 1. The highest BCUT2D eigenvalue weighted by molar-refractivity contribution is 7.80. The van der Waals surface area contributed by atoms with E-state index in [1.54, 1.807) is 42.5 Å². The predicted octanol–water partition coefficient (Wildman–Crippen LogP) is 5.95. The Morgan fingerprint density at radius 2 is 1.85 bits per heavy atom. The molecule has 3 aromatic carbocycles. The largest absolute Gasteiger partial charge is 0.494 e. The summed E-state index contributed by atoms with van der Waals surface area (Å²) in [6.45, 7) is 2.41. The Hall–Kier alpha value is -3.56. The third kappa shape index (κ3) is 5.10. The lowest BCUT2D eigenvalue weighted by molar-refractivity contribution is 0.0977. The van der Waals surface area contributed by atoms with Crippen LogP contribution in [-0.4, -0.2) is 22.6 Å². The molecule has 0 aliphatic heterocycles. The number of ether oxygens (including phenoxy) is 1. The average Bonchev–Trinajstić information content (AvgIpc) is 3.20. The van der Waals surface area contributed by atoms with Crippen molar-refractivity contribution in [2.75, 3.05) is 11.9 Å². The number of hydrogen-bond acceptors (Lipinski definition) is 5. The van der Waals surface area contributed by atoms with Crippen LogP contribution in [0.4, 0.5) is 14.5 Å². The van der Waals surface area contributed by atoms with E-state index in [0.29, 0.717) is 34.7 Å². The van der Waals surface area contributed by atoms with Crippen molar-refractivity contribution in [3.8, 4) is 17.2 Å². The fourth-order valence-electron chi connectivity index (χ4n) is 3.01. The van der Waals surface area contributed by atoms with Gasteiger partial charge >= 0.3 is 0 Å². The molecule has 2 N–H and O–H groups in total. The molecule has 0 radical (unpaired) electrons. The number of nitrogens with zero attached hydrogens (tertiary/aromatic N) is 1. The normalized spacial score (nSPS) is 10.8. The summed E-state index contributed by atoms with van der Waals surface area (Å²) in [5, 5.41) is 5.55. The van der Waals surface area contributed by atoms with Gasteiger partial charge in [0, 0.05) is 11.3 Å². The zero-order valence-corrected chi connectivity index (χ0v) is 18.7. The zero-order valence-electron chi connectivity index (χ0n) is 17.1. The number of thiocarbonyl (C=S) groups is 1. The lowest BCUT2D eigenvalue weighted by atomic mass is 10.2. The number of anilines is 1. The summed E-state index contributed by atoms with van der Waals surface area (Å²) in [5.74, 6) is -1.80. The van der Waals surface area contributed by atoms with Crippen LogP contribution in [-0.2, 0) is 0 Å². The van der Waals surface area contributed by atoms with Gasteiger partial charge in [0.1, 0.15) is 11.3 Å². The Balaban J connectivity index is 1.47. The number of carbonyl (C=O) groups excluding carboxylic acids is 1. The van der Waals surface area contributed by atoms with Gasteiger partial charge in [0.2, 0.25) is 5.89 Å². The standard InChI is InChI=1S/C23H16ClF2N3O3S/c1-2-31-14-6-3-12(4-7-14)21(30)29-23(33)27-13-5-8-20-19(9-13)28-22(32-20)15-10-17(25)18(26)11-16(15)24/h3-11H,2H2,1H3,(H2,27,29,30,33). The van der Waals surface area contributed by atoms with Crippen LogP contribution in [0.2, 0.25) is 5.02 Å². The van der Waals surface area contributed by atoms with Crippen molar-refractivity contribution in [3.05, 3.63) is 76.8 Å². The van der Waals surface area contributed by atoms with E-state index in [1.807, 2.05) is 6.92 Å². The third-order valence-electron chi connectivity index (χ3n) is 4.54. The number of carbonyl (C=O) groups is 1. The van der Waals surface area contributed by atoms with Gasteiger partial charge in [-0.05, 0) is 73.7 Å². The van der Waals surface area contributed by atoms with Gasteiger partial charge in [0.05, 0.1) is 17.2 Å². The highest BCUT2D eigenvalue weighted by Crippen LogP contribution is 2.32. The van der Waals surface area contributed by atoms with Gasteiger partial charge in [-0.25, -0.2) is 13.8 Å². The first-order chi connectivity index (χ1) is 15.8. The van der Waals surface area contributed by atoms with Crippen LogP contribution in [0.5, 0.6) is 5.75 Å². The van der Waals surface area contributed by atoms with E-state index < -0.39 is 11.6 Å². The summed E-state index contributed by atoms with van der Waals surface area (Å²) >= 11 is 11.2. The maximum Gasteiger partial charge on any atom is 0.257 e. The molecular weight excluding hydrogens is 472 g/mol. The van der Waals surface area contributed by atoms with Crippen molar-refractivity contribution in [2.45, 2.75) is 6.92 Å². The van der Waals surface area contributed by atoms with Crippen LogP contribution in [0.3, 0.4) is 0 Å². The maximum atomic E-state index is 13.6. The summed E-state index contributed by atoms with van der Waals surface area (Å²) in [6.07, 6.45) is 0. The molecule has 0 atom stereocenters. The summed E-state index contributed by atoms with van der Waals surface area (Å²) in [4.78, 5) is 16.7. The minimum atomic E-state index is -1.06. The number of benzene rings is 3. The van der Waals surface area contributed by atoms with Crippen molar-refractivity contribution < 1.29 is 22.7 Å². The number of rotatable bonds is 5. The van der Waals surface area contributed by atoms with Crippen molar-refractivity contribution in [1.82, 2.24) is 10.3 Å². The first-order valence-corrected chi connectivity index (χ1v) is 10.5. The summed E-state index contributed by atoms with van der Waals surface area (Å²) in [6, 6.07) is 13.4. The second kappa shape index (κ2) is 9.51. The van der Waals surface area contributed by atoms with Crippen LogP contribution in [0.15, 0.2) is 59.0 Å². The molecule has 6 nitrogen and oxygen atoms in total. The highest BCUT2D eigenvalue weighted by Gasteiger charge is 2.16. The minimum absolute atomic E-state index is 0.0306. The van der Waals surface area contributed by atoms with Gasteiger partial charge in [0.15, 0.2) is 22.3 Å². The fourth-order valence-corrected chi connectivity index (χ4v) is 3.46. The van der Waals surface area contributed by atoms with Crippen LogP contribution in [0.1, 0.15) is 17.3 Å². The van der Waals surface area contributed by atoms with E-state index in [4.69, 9.17) is 33.0 Å².